The van der Waals surface area contributed by atoms with E-state index < -0.39 is 0 Å². The third-order valence-electron chi connectivity index (χ3n) is 4.55. The van der Waals surface area contributed by atoms with E-state index in [0.29, 0.717) is 37.6 Å². The third kappa shape index (κ3) is 3.48. The minimum absolute atomic E-state index is 0.291. The fourth-order valence-electron chi connectivity index (χ4n) is 3.63. The van der Waals surface area contributed by atoms with Crippen LogP contribution in [0.3, 0.4) is 0 Å². The topological polar surface area (TPSA) is 32.8 Å². The number of hydrogen-bond donors (Lipinski definition) is 0. The van der Waals surface area contributed by atoms with Crippen molar-refractivity contribution in [3.05, 3.63) is 0 Å². The van der Waals surface area contributed by atoms with Crippen LogP contribution in [0.15, 0.2) is 0 Å². The predicted molar refractivity (Wildman–Crippen MR) is 76.1 cm³/mol. The van der Waals surface area contributed by atoms with Crippen molar-refractivity contribution in [2.45, 2.75) is 58.0 Å². The average molecular weight is 268 g/mol. The highest BCUT2D eigenvalue weighted by Crippen LogP contribution is 2.30. The second kappa shape index (κ2) is 7.25. The van der Waals surface area contributed by atoms with Gasteiger partial charge in [0.25, 0.3) is 0 Å². The van der Waals surface area contributed by atoms with E-state index in [2.05, 4.69) is 16.7 Å². The first-order chi connectivity index (χ1) is 9.27. The van der Waals surface area contributed by atoms with Crippen molar-refractivity contribution < 1.29 is 9.53 Å². The van der Waals surface area contributed by atoms with E-state index in [9.17, 15) is 4.79 Å². The highest BCUT2D eigenvalue weighted by Gasteiger charge is 2.38. The van der Waals surface area contributed by atoms with Crippen LogP contribution in [0.5, 0.6) is 0 Å². The van der Waals surface area contributed by atoms with Crippen LogP contribution in [0.2, 0.25) is 0 Å². The summed E-state index contributed by atoms with van der Waals surface area (Å²) in [5.41, 5.74) is 0. The summed E-state index contributed by atoms with van der Waals surface area (Å²) in [7, 11) is 0. The highest BCUT2D eigenvalue weighted by molar-refractivity contribution is 5.77. The fourth-order valence-corrected chi connectivity index (χ4v) is 3.63. The van der Waals surface area contributed by atoms with Gasteiger partial charge in [-0.25, -0.2) is 0 Å². The Morgan fingerprint density at radius 3 is 2.63 bits per heavy atom. The summed E-state index contributed by atoms with van der Waals surface area (Å²) < 4.78 is 5.31. The number of ether oxygens (including phenoxy) is 1. The van der Waals surface area contributed by atoms with E-state index in [1.165, 1.54) is 32.2 Å². The maximum atomic E-state index is 12.3. The quantitative estimate of drug-likeness (QED) is 0.690. The summed E-state index contributed by atoms with van der Waals surface area (Å²) in [6.07, 6.45) is 5.44. The lowest BCUT2D eigenvalue weighted by atomic mass is 10.0. The van der Waals surface area contributed by atoms with Gasteiger partial charge in [0.1, 0.15) is 0 Å². The van der Waals surface area contributed by atoms with Crippen molar-refractivity contribution in [1.29, 1.82) is 0 Å². The van der Waals surface area contributed by atoms with Crippen molar-refractivity contribution in [1.82, 2.24) is 9.80 Å². The van der Waals surface area contributed by atoms with Crippen LogP contribution in [-0.2, 0) is 9.53 Å². The molecule has 0 N–H and O–H groups in total. The van der Waals surface area contributed by atoms with E-state index >= 15 is 0 Å². The number of rotatable bonds is 6. The van der Waals surface area contributed by atoms with Gasteiger partial charge >= 0.3 is 0 Å². The first kappa shape index (κ1) is 14.8. The van der Waals surface area contributed by atoms with E-state index in [4.69, 9.17) is 4.74 Å². The van der Waals surface area contributed by atoms with Gasteiger partial charge in [0.05, 0.1) is 13.0 Å². The van der Waals surface area contributed by atoms with Gasteiger partial charge in [0.2, 0.25) is 5.91 Å². The summed E-state index contributed by atoms with van der Waals surface area (Å²) >= 11 is 0. The van der Waals surface area contributed by atoms with Crippen molar-refractivity contribution in [2.75, 3.05) is 32.8 Å². The number of hydrogen-bond acceptors (Lipinski definition) is 3. The molecule has 19 heavy (non-hydrogen) atoms. The van der Waals surface area contributed by atoms with E-state index in [0.717, 1.165) is 13.1 Å². The van der Waals surface area contributed by atoms with Crippen LogP contribution >= 0.6 is 0 Å². The Labute approximate surface area is 117 Å². The smallest absolute Gasteiger partial charge is 0.225 e. The molecular weight excluding hydrogens is 240 g/mol. The molecule has 0 unspecified atom stereocenters. The standard InChI is InChI=1S/C15H28N2O2/c1-3-16-10-5-7-13(16)14-8-6-11-17(14)15(18)9-12-19-4-2/h13-14H,3-12H2,1-2H3/t13-,14-/m1/s1. The molecule has 110 valence electrons. The SMILES string of the molecule is CCOCCC(=O)N1CCC[C@@H]1[C@H]1CCCN1CC. The van der Waals surface area contributed by atoms with Gasteiger partial charge in [0, 0.05) is 25.2 Å². The monoisotopic (exact) mass is 268 g/mol. The summed E-state index contributed by atoms with van der Waals surface area (Å²) in [6, 6.07) is 1.06. The number of amides is 1. The molecule has 4 nitrogen and oxygen atoms in total. The Morgan fingerprint density at radius 1 is 1.16 bits per heavy atom. The van der Waals surface area contributed by atoms with E-state index in [1.54, 1.807) is 0 Å². The first-order valence-electron chi connectivity index (χ1n) is 7.89. The van der Waals surface area contributed by atoms with Gasteiger partial charge in [-0.1, -0.05) is 6.92 Å². The first-order valence-corrected chi connectivity index (χ1v) is 7.89. The predicted octanol–water partition coefficient (Wildman–Crippen LogP) is 1.89. The van der Waals surface area contributed by atoms with Crippen molar-refractivity contribution in [3.8, 4) is 0 Å². The number of carbonyl (C=O) groups is 1. The number of nitrogens with zero attached hydrogens (tertiary/aromatic N) is 2. The maximum Gasteiger partial charge on any atom is 0.225 e. The second-order valence-corrected chi connectivity index (χ2v) is 5.58. The zero-order chi connectivity index (χ0) is 13.7. The van der Waals surface area contributed by atoms with Gasteiger partial charge in [-0.05, 0) is 45.7 Å². The molecule has 2 saturated heterocycles. The van der Waals surface area contributed by atoms with Crippen LogP contribution in [-0.4, -0.2) is 60.6 Å². The Bertz CT molecular complexity index is 296. The Kier molecular flexibility index (Phi) is 5.64. The van der Waals surface area contributed by atoms with E-state index in [1.807, 2.05) is 6.92 Å². The summed E-state index contributed by atoms with van der Waals surface area (Å²) in [5, 5.41) is 0. The van der Waals surface area contributed by atoms with Crippen molar-refractivity contribution >= 4 is 5.91 Å². The lowest BCUT2D eigenvalue weighted by molar-refractivity contribution is -0.134. The molecule has 2 atom stereocenters. The molecule has 2 aliphatic rings. The molecule has 1 amide bonds. The molecule has 0 radical (unpaired) electrons. The zero-order valence-corrected chi connectivity index (χ0v) is 12.4. The van der Waals surface area contributed by atoms with Crippen LogP contribution in [0.25, 0.3) is 0 Å². The molecule has 2 rings (SSSR count). The summed E-state index contributed by atoms with van der Waals surface area (Å²) in [6.45, 7) is 8.74. The average Bonchev–Trinajstić information content (AvgIpc) is 3.06. The van der Waals surface area contributed by atoms with Crippen LogP contribution in [0.4, 0.5) is 0 Å². The normalized spacial score (nSPS) is 28.2. The molecule has 0 aromatic rings. The maximum absolute atomic E-state index is 12.3. The lowest BCUT2D eigenvalue weighted by Crippen LogP contribution is -2.48. The van der Waals surface area contributed by atoms with Crippen LogP contribution < -0.4 is 0 Å². The van der Waals surface area contributed by atoms with Crippen molar-refractivity contribution in [3.63, 3.8) is 0 Å². The number of likely N-dealkylation sites (N-methyl/N-ethyl adjacent to an activating group) is 1. The Hall–Kier alpha value is -0.610. The van der Waals surface area contributed by atoms with Crippen molar-refractivity contribution in [2.24, 2.45) is 0 Å². The number of likely N-dealkylation sites (tertiary alicyclic amines) is 2. The molecule has 0 bridgehead atoms. The Morgan fingerprint density at radius 2 is 1.89 bits per heavy atom. The fraction of sp³-hybridized carbons (Fsp3) is 0.933. The Balaban J connectivity index is 1.90. The van der Waals surface area contributed by atoms with Gasteiger partial charge in [0.15, 0.2) is 0 Å². The second-order valence-electron chi connectivity index (χ2n) is 5.58. The molecule has 4 heteroatoms. The lowest BCUT2D eigenvalue weighted by Gasteiger charge is -2.34. The molecule has 0 aliphatic carbocycles. The summed E-state index contributed by atoms with van der Waals surface area (Å²) in [5.74, 6) is 0.291. The molecule has 2 fully saturated rings. The van der Waals surface area contributed by atoms with E-state index in [-0.39, 0.29) is 0 Å². The highest BCUT2D eigenvalue weighted by atomic mass is 16.5. The molecule has 0 spiro atoms. The molecule has 0 saturated carbocycles. The molecule has 2 heterocycles. The minimum atomic E-state index is 0.291. The minimum Gasteiger partial charge on any atom is -0.381 e. The van der Waals surface area contributed by atoms with Crippen LogP contribution in [0.1, 0.15) is 46.0 Å². The molecule has 0 aromatic heterocycles. The number of carbonyl (C=O) groups excluding carboxylic acids is 1. The van der Waals surface area contributed by atoms with Gasteiger partial charge in [-0.2, -0.15) is 0 Å². The molecule has 0 aromatic carbocycles. The van der Waals surface area contributed by atoms with Gasteiger partial charge in [-0.3, -0.25) is 9.69 Å². The third-order valence-corrected chi connectivity index (χ3v) is 4.55. The molecular formula is C15H28N2O2. The summed E-state index contributed by atoms with van der Waals surface area (Å²) in [4.78, 5) is 17.0. The van der Waals surface area contributed by atoms with Crippen LogP contribution in [0, 0.1) is 0 Å². The zero-order valence-electron chi connectivity index (χ0n) is 12.4. The molecule has 2 aliphatic heterocycles. The van der Waals surface area contributed by atoms with Gasteiger partial charge < -0.3 is 9.64 Å². The largest absolute Gasteiger partial charge is 0.381 e. The van der Waals surface area contributed by atoms with Gasteiger partial charge in [-0.15, -0.1) is 0 Å².